The van der Waals surface area contributed by atoms with Crippen molar-refractivity contribution in [3.05, 3.63) is 89.5 Å². The maximum Gasteiger partial charge on any atom is 0.343 e. The molecule has 2 unspecified atom stereocenters. The van der Waals surface area contributed by atoms with Gasteiger partial charge in [0, 0.05) is 12.3 Å². The topological polar surface area (TPSA) is 156 Å². The minimum atomic E-state index is -1.52. The van der Waals surface area contributed by atoms with E-state index < -0.39 is 78.0 Å². The summed E-state index contributed by atoms with van der Waals surface area (Å²) in [6.45, 7) is 4.10. The van der Waals surface area contributed by atoms with Gasteiger partial charge in [0.25, 0.3) is 5.91 Å². The molecule has 1 saturated heterocycles. The van der Waals surface area contributed by atoms with Gasteiger partial charge in [-0.1, -0.05) is 44.2 Å². The van der Waals surface area contributed by atoms with E-state index in [2.05, 4.69) is 10.3 Å². The second kappa shape index (κ2) is 15.1. The first kappa shape index (κ1) is 33.6. The summed E-state index contributed by atoms with van der Waals surface area (Å²) in [6.07, 6.45) is -0.978. The molecule has 1 aliphatic heterocycles. The maximum absolute atomic E-state index is 13.5. The number of hydrogen-bond acceptors (Lipinski definition) is 11. The first-order valence-electron chi connectivity index (χ1n) is 14.4. The highest BCUT2D eigenvalue weighted by Crippen LogP contribution is 2.31. The smallest absolute Gasteiger partial charge is 0.343 e. The number of methoxy groups -OCH3 is 1. The molecule has 1 amide bonds. The van der Waals surface area contributed by atoms with E-state index >= 15 is 0 Å². The molecule has 0 saturated carbocycles. The summed E-state index contributed by atoms with van der Waals surface area (Å²) in [5.41, 5.74) is 0.300. The van der Waals surface area contributed by atoms with E-state index in [1.165, 1.54) is 38.4 Å². The Morgan fingerprint density at radius 2 is 1.72 bits per heavy atom. The van der Waals surface area contributed by atoms with Crippen LogP contribution in [0.15, 0.2) is 66.9 Å². The Bertz CT molecular complexity index is 1580. The number of amides is 1. The molecule has 4 atom stereocenters. The van der Waals surface area contributed by atoms with E-state index in [1.807, 2.05) is 6.07 Å². The van der Waals surface area contributed by atoms with Crippen molar-refractivity contribution >= 4 is 29.8 Å². The molecular weight excluding hydrogens is 603 g/mol. The van der Waals surface area contributed by atoms with Gasteiger partial charge in [-0.25, -0.2) is 19.0 Å². The van der Waals surface area contributed by atoms with Crippen molar-refractivity contribution in [2.75, 3.05) is 13.7 Å². The number of esters is 4. The Balaban J connectivity index is 1.59. The van der Waals surface area contributed by atoms with Crippen LogP contribution in [-0.4, -0.2) is 66.7 Å². The van der Waals surface area contributed by atoms with Crippen LogP contribution in [0.2, 0.25) is 0 Å². The molecule has 0 spiro atoms. The lowest BCUT2D eigenvalue weighted by molar-refractivity contribution is -0.176. The van der Waals surface area contributed by atoms with Gasteiger partial charge in [-0.15, -0.1) is 0 Å². The van der Waals surface area contributed by atoms with Gasteiger partial charge < -0.3 is 29.0 Å². The van der Waals surface area contributed by atoms with Crippen LogP contribution >= 0.6 is 0 Å². The quantitative estimate of drug-likeness (QED) is 0.271. The molecule has 2 aromatic carbocycles. The van der Waals surface area contributed by atoms with Crippen LogP contribution in [0, 0.1) is 17.7 Å². The molecule has 46 heavy (non-hydrogen) atoms. The number of rotatable bonds is 9. The fourth-order valence-electron chi connectivity index (χ4n) is 4.57. The summed E-state index contributed by atoms with van der Waals surface area (Å²) in [4.78, 5) is 69.6. The number of cyclic esters (lactones) is 2. The Morgan fingerprint density at radius 1 is 1.02 bits per heavy atom. The number of halogens is 1. The molecule has 0 radical (unpaired) electrons. The number of carbonyl (C=O) groups is 5. The largest absolute Gasteiger partial charge is 0.493 e. The Hall–Kier alpha value is -5.33. The van der Waals surface area contributed by atoms with E-state index in [9.17, 15) is 28.4 Å². The van der Waals surface area contributed by atoms with Crippen LogP contribution in [-0.2, 0) is 35.0 Å². The summed E-state index contributed by atoms with van der Waals surface area (Å²) < 4.78 is 40.8. The molecule has 1 aliphatic rings. The van der Waals surface area contributed by atoms with E-state index in [4.69, 9.17) is 23.7 Å². The van der Waals surface area contributed by atoms with E-state index in [1.54, 1.807) is 38.1 Å². The van der Waals surface area contributed by atoms with E-state index in [-0.39, 0.29) is 23.5 Å². The van der Waals surface area contributed by atoms with Crippen molar-refractivity contribution in [3.63, 3.8) is 0 Å². The van der Waals surface area contributed by atoms with Crippen LogP contribution in [0.5, 0.6) is 11.5 Å². The highest BCUT2D eigenvalue weighted by Gasteiger charge is 2.42. The SMILES string of the molecule is COc1ccnc(C(=O)NC2COC(=O)[C@H](Cc3ccccc3)C(OC(=O)C(C)C)[C@H](C)OC2=O)c1OC(=O)c1ccc(F)cc1. The van der Waals surface area contributed by atoms with Gasteiger partial charge in [0.15, 0.2) is 23.6 Å². The summed E-state index contributed by atoms with van der Waals surface area (Å²) in [5.74, 6) is -6.83. The number of hydrogen-bond donors (Lipinski definition) is 1. The van der Waals surface area contributed by atoms with Crippen molar-refractivity contribution < 1.29 is 52.0 Å². The van der Waals surface area contributed by atoms with E-state index in [0.29, 0.717) is 0 Å². The fourth-order valence-corrected chi connectivity index (χ4v) is 4.57. The number of aromatic nitrogens is 1. The maximum atomic E-state index is 13.5. The number of benzene rings is 2. The molecule has 12 nitrogen and oxygen atoms in total. The average Bonchev–Trinajstić information content (AvgIpc) is 3.07. The summed E-state index contributed by atoms with van der Waals surface area (Å²) in [6, 6.07) is 13.3. The molecule has 242 valence electrons. The van der Waals surface area contributed by atoms with Crippen molar-refractivity contribution in [2.24, 2.45) is 11.8 Å². The fraction of sp³-hybridized carbons (Fsp3) is 0.333. The number of nitrogens with zero attached hydrogens (tertiary/aromatic N) is 1. The zero-order valence-electron chi connectivity index (χ0n) is 25.6. The molecule has 2 heterocycles. The lowest BCUT2D eigenvalue weighted by Gasteiger charge is -2.29. The van der Waals surface area contributed by atoms with Crippen molar-refractivity contribution in [3.8, 4) is 11.5 Å². The lowest BCUT2D eigenvalue weighted by Crippen LogP contribution is -2.47. The zero-order chi connectivity index (χ0) is 33.4. The molecule has 1 N–H and O–H groups in total. The van der Waals surface area contributed by atoms with Gasteiger partial charge in [0.1, 0.15) is 24.4 Å². The minimum absolute atomic E-state index is 0.0165. The summed E-state index contributed by atoms with van der Waals surface area (Å²) in [5, 5.41) is 2.41. The van der Waals surface area contributed by atoms with Gasteiger partial charge in [-0.3, -0.25) is 14.4 Å². The third kappa shape index (κ3) is 8.23. The van der Waals surface area contributed by atoms with Gasteiger partial charge in [-0.05, 0) is 43.2 Å². The zero-order valence-corrected chi connectivity index (χ0v) is 25.6. The van der Waals surface area contributed by atoms with Crippen LogP contribution in [0.3, 0.4) is 0 Å². The molecule has 1 fully saturated rings. The molecule has 13 heteroatoms. The summed E-state index contributed by atoms with van der Waals surface area (Å²) >= 11 is 0. The molecule has 3 aromatic rings. The molecular formula is C33H33FN2O10. The average molecular weight is 637 g/mol. The molecule has 0 aliphatic carbocycles. The Morgan fingerprint density at radius 3 is 2.37 bits per heavy atom. The Kier molecular flexibility index (Phi) is 11.0. The van der Waals surface area contributed by atoms with Gasteiger partial charge in [0.2, 0.25) is 5.75 Å². The minimum Gasteiger partial charge on any atom is -0.493 e. The lowest BCUT2D eigenvalue weighted by atomic mass is 9.91. The Labute approximate surface area is 264 Å². The standard InChI is InChI=1S/C33H33FN2O10/c1-18(2)30(38)45-27-19(3)44-33(41)24(17-43-32(40)23(27)16-20-8-6-5-7-9-20)36-29(37)26-28(25(42-4)14-15-35-26)46-31(39)21-10-12-22(34)13-11-21/h5-15,18-19,23-24,27H,16-17H2,1-4H3,(H,36,37)/t19-,23+,24?,27?/m0/s1. The van der Waals surface area contributed by atoms with E-state index in [0.717, 1.165) is 17.7 Å². The van der Waals surface area contributed by atoms with Gasteiger partial charge >= 0.3 is 23.9 Å². The monoisotopic (exact) mass is 636 g/mol. The summed E-state index contributed by atoms with van der Waals surface area (Å²) in [7, 11) is 1.27. The van der Waals surface area contributed by atoms with Gasteiger partial charge in [0.05, 0.1) is 18.6 Å². The molecule has 1 aromatic heterocycles. The third-order valence-corrected chi connectivity index (χ3v) is 7.05. The van der Waals surface area contributed by atoms with Crippen LogP contribution in [0.4, 0.5) is 4.39 Å². The molecule has 4 rings (SSSR count). The second-order valence-electron chi connectivity index (χ2n) is 10.7. The first-order chi connectivity index (χ1) is 22.0. The normalized spacial score (nSPS) is 19.9. The highest BCUT2D eigenvalue weighted by atomic mass is 19.1. The number of carbonyl (C=O) groups excluding carboxylic acids is 5. The predicted octanol–water partition coefficient (Wildman–Crippen LogP) is 3.46. The van der Waals surface area contributed by atoms with Gasteiger partial charge in [-0.2, -0.15) is 0 Å². The number of ether oxygens (including phenoxy) is 5. The van der Waals surface area contributed by atoms with Crippen molar-refractivity contribution in [1.29, 1.82) is 0 Å². The van der Waals surface area contributed by atoms with Crippen molar-refractivity contribution in [2.45, 2.75) is 45.4 Å². The van der Waals surface area contributed by atoms with Crippen LogP contribution in [0.1, 0.15) is 47.2 Å². The van der Waals surface area contributed by atoms with Crippen molar-refractivity contribution in [1.82, 2.24) is 10.3 Å². The predicted molar refractivity (Wildman–Crippen MR) is 158 cm³/mol. The number of nitrogens with one attached hydrogen (secondary N) is 1. The first-order valence-corrected chi connectivity index (χ1v) is 14.4. The highest BCUT2D eigenvalue weighted by molar-refractivity contribution is 6.00. The number of pyridine rings is 1. The van der Waals surface area contributed by atoms with Crippen LogP contribution in [0.25, 0.3) is 0 Å². The second-order valence-corrected chi connectivity index (χ2v) is 10.7. The van der Waals surface area contributed by atoms with Crippen LogP contribution < -0.4 is 14.8 Å². The molecule has 0 bridgehead atoms. The third-order valence-electron chi connectivity index (χ3n) is 7.05.